The van der Waals surface area contributed by atoms with Crippen molar-refractivity contribution in [1.29, 1.82) is 0 Å². The number of carbonyl (C=O) groups is 2. The second kappa shape index (κ2) is 8.05. The van der Waals surface area contributed by atoms with Crippen molar-refractivity contribution in [2.45, 2.75) is 11.7 Å². The molecule has 1 saturated heterocycles. The van der Waals surface area contributed by atoms with Gasteiger partial charge in [-0.25, -0.2) is 9.69 Å². The molecule has 0 radical (unpaired) electrons. The van der Waals surface area contributed by atoms with Gasteiger partial charge in [-0.1, -0.05) is 30.0 Å². The summed E-state index contributed by atoms with van der Waals surface area (Å²) in [5.41, 5.74) is 0.797. The monoisotopic (exact) mass is 374 g/mol. The van der Waals surface area contributed by atoms with E-state index in [0.29, 0.717) is 23.3 Å². The van der Waals surface area contributed by atoms with Gasteiger partial charge in [0.1, 0.15) is 12.4 Å². The molecule has 1 aromatic heterocycles. The number of benzene rings is 1. The molecular formula is C17H18N4O4S. The van der Waals surface area contributed by atoms with Gasteiger partial charge in [-0.2, -0.15) is 0 Å². The predicted octanol–water partition coefficient (Wildman–Crippen LogP) is 2.21. The van der Waals surface area contributed by atoms with Crippen LogP contribution in [0.25, 0.3) is 11.4 Å². The third kappa shape index (κ3) is 3.57. The van der Waals surface area contributed by atoms with E-state index in [2.05, 4.69) is 16.8 Å². The molecule has 26 heavy (non-hydrogen) atoms. The lowest BCUT2D eigenvalue weighted by Crippen LogP contribution is -2.33. The standard InChI is InChI=1S/C17H18N4O4S/c1-3-8-21-15(12-6-4-5-7-13(12)24-2)18-19-16(21)26-11-14(22)20-9-10-25-17(20)23/h3-7H,1,8-11H2,2H3. The molecule has 0 N–H and O–H groups in total. The molecular weight excluding hydrogens is 356 g/mol. The summed E-state index contributed by atoms with van der Waals surface area (Å²) in [6.45, 7) is 4.76. The second-order valence-electron chi connectivity index (χ2n) is 5.35. The maximum atomic E-state index is 12.2. The number of imide groups is 1. The van der Waals surface area contributed by atoms with E-state index in [1.807, 2.05) is 28.8 Å². The number of rotatable bonds is 7. The maximum absolute atomic E-state index is 12.2. The van der Waals surface area contributed by atoms with Gasteiger partial charge in [-0.3, -0.25) is 9.36 Å². The second-order valence-corrected chi connectivity index (χ2v) is 6.30. The molecule has 8 nitrogen and oxygen atoms in total. The van der Waals surface area contributed by atoms with E-state index < -0.39 is 6.09 Å². The minimum atomic E-state index is -0.599. The number of aromatic nitrogens is 3. The topological polar surface area (TPSA) is 86.6 Å². The summed E-state index contributed by atoms with van der Waals surface area (Å²) in [6.07, 6.45) is 1.13. The lowest BCUT2D eigenvalue weighted by atomic mass is 10.2. The van der Waals surface area contributed by atoms with Crippen LogP contribution in [0.15, 0.2) is 42.1 Å². The molecule has 0 saturated carbocycles. The van der Waals surface area contributed by atoms with Gasteiger partial charge < -0.3 is 9.47 Å². The molecule has 3 rings (SSSR count). The lowest BCUT2D eigenvalue weighted by molar-refractivity contribution is -0.125. The molecule has 1 aliphatic heterocycles. The van der Waals surface area contributed by atoms with Crippen molar-refractivity contribution in [3.63, 3.8) is 0 Å². The lowest BCUT2D eigenvalue weighted by Gasteiger charge is -2.12. The van der Waals surface area contributed by atoms with E-state index in [0.717, 1.165) is 10.5 Å². The summed E-state index contributed by atoms with van der Waals surface area (Å²) in [6, 6.07) is 7.50. The van der Waals surface area contributed by atoms with E-state index in [-0.39, 0.29) is 24.8 Å². The van der Waals surface area contributed by atoms with Crippen LogP contribution in [0.2, 0.25) is 0 Å². The first-order chi connectivity index (χ1) is 12.7. The van der Waals surface area contributed by atoms with Crippen LogP contribution in [0.5, 0.6) is 5.75 Å². The molecule has 136 valence electrons. The largest absolute Gasteiger partial charge is 0.496 e. The van der Waals surface area contributed by atoms with Crippen molar-refractivity contribution >= 4 is 23.8 Å². The quantitative estimate of drug-likeness (QED) is 0.542. The number of para-hydroxylation sites is 1. The summed E-state index contributed by atoms with van der Waals surface area (Å²) < 4.78 is 12.0. The van der Waals surface area contributed by atoms with Gasteiger partial charge in [0, 0.05) is 6.54 Å². The summed E-state index contributed by atoms with van der Waals surface area (Å²) in [5.74, 6) is 1.05. The third-order valence-corrected chi connectivity index (χ3v) is 4.71. The smallest absolute Gasteiger partial charge is 0.416 e. The van der Waals surface area contributed by atoms with Crippen LogP contribution >= 0.6 is 11.8 Å². The Morgan fingerprint density at radius 2 is 2.23 bits per heavy atom. The van der Waals surface area contributed by atoms with Gasteiger partial charge in [0.25, 0.3) is 0 Å². The molecule has 1 aromatic carbocycles. The van der Waals surface area contributed by atoms with Crippen LogP contribution in [-0.4, -0.2) is 57.7 Å². The Labute approximate surface area is 154 Å². The van der Waals surface area contributed by atoms with E-state index in [1.165, 1.54) is 11.8 Å². The number of amides is 2. The average molecular weight is 374 g/mol. The number of thioether (sulfide) groups is 1. The van der Waals surface area contributed by atoms with Crippen LogP contribution in [0.1, 0.15) is 0 Å². The highest BCUT2D eigenvalue weighted by Gasteiger charge is 2.28. The molecule has 9 heteroatoms. The highest BCUT2D eigenvalue weighted by molar-refractivity contribution is 7.99. The van der Waals surface area contributed by atoms with E-state index in [4.69, 9.17) is 9.47 Å². The van der Waals surface area contributed by atoms with Gasteiger partial charge in [0.15, 0.2) is 11.0 Å². The number of methoxy groups -OCH3 is 1. The number of hydrogen-bond donors (Lipinski definition) is 0. The van der Waals surface area contributed by atoms with Crippen LogP contribution < -0.4 is 4.74 Å². The molecule has 0 unspecified atom stereocenters. The summed E-state index contributed by atoms with van der Waals surface area (Å²) >= 11 is 1.21. The molecule has 1 aliphatic rings. The first-order valence-electron chi connectivity index (χ1n) is 7.93. The Kier molecular flexibility index (Phi) is 5.57. The van der Waals surface area contributed by atoms with Gasteiger partial charge in [-0.05, 0) is 12.1 Å². The molecule has 1 fully saturated rings. The number of hydrogen-bond acceptors (Lipinski definition) is 7. The van der Waals surface area contributed by atoms with Crippen molar-refractivity contribution in [3.8, 4) is 17.1 Å². The Balaban J connectivity index is 1.82. The molecule has 0 atom stereocenters. The normalized spacial score (nSPS) is 13.6. The molecule has 0 bridgehead atoms. The van der Waals surface area contributed by atoms with E-state index in [1.54, 1.807) is 13.2 Å². The fourth-order valence-electron chi connectivity index (χ4n) is 2.54. The fourth-order valence-corrected chi connectivity index (χ4v) is 3.37. The zero-order valence-corrected chi connectivity index (χ0v) is 15.1. The van der Waals surface area contributed by atoms with Gasteiger partial charge in [0.05, 0.1) is 25.0 Å². The number of carbonyl (C=O) groups excluding carboxylic acids is 2. The van der Waals surface area contributed by atoms with Crippen LogP contribution in [-0.2, 0) is 16.1 Å². The zero-order chi connectivity index (χ0) is 18.5. The van der Waals surface area contributed by atoms with Crippen LogP contribution in [0.4, 0.5) is 4.79 Å². The average Bonchev–Trinajstić information content (AvgIpc) is 3.26. The number of ether oxygens (including phenoxy) is 2. The summed E-state index contributed by atoms with van der Waals surface area (Å²) in [4.78, 5) is 24.8. The van der Waals surface area contributed by atoms with Crippen LogP contribution in [0, 0.1) is 0 Å². The highest BCUT2D eigenvalue weighted by atomic mass is 32.2. The minimum absolute atomic E-state index is 0.0658. The Morgan fingerprint density at radius 1 is 1.42 bits per heavy atom. The first-order valence-corrected chi connectivity index (χ1v) is 8.91. The fraction of sp³-hybridized carbons (Fsp3) is 0.294. The van der Waals surface area contributed by atoms with Crippen molar-refractivity contribution in [2.75, 3.05) is 26.0 Å². The van der Waals surface area contributed by atoms with E-state index in [9.17, 15) is 9.59 Å². The van der Waals surface area contributed by atoms with Crippen molar-refractivity contribution in [3.05, 3.63) is 36.9 Å². The van der Waals surface area contributed by atoms with Crippen LogP contribution in [0.3, 0.4) is 0 Å². The Morgan fingerprint density at radius 3 is 2.92 bits per heavy atom. The molecule has 2 heterocycles. The first kappa shape index (κ1) is 18.0. The highest BCUT2D eigenvalue weighted by Crippen LogP contribution is 2.31. The minimum Gasteiger partial charge on any atom is -0.496 e. The third-order valence-electron chi connectivity index (χ3n) is 3.76. The van der Waals surface area contributed by atoms with Crippen molar-refractivity contribution < 1.29 is 19.1 Å². The Bertz CT molecular complexity index is 836. The van der Waals surface area contributed by atoms with Gasteiger partial charge in [0.2, 0.25) is 5.91 Å². The van der Waals surface area contributed by atoms with Crippen molar-refractivity contribution in [1.82, 2.24) is 19.7 Å². The van der Waals surface area contributed by atoms with Gasteiger partial charge >= 0.3 is 6.09 Å². The van der Waals surface area contributed by atoms with E-state index >= 15 is 0 Å². The summed E-state index contributed by atoms with van der Waals surface area (Å²) in [7, 11) is 1.59. The number of cyclic esters (lactones) is 1. The maximum Gasteiger partial charge on any atom is 0.416 e. The SMILES string of the molecule is C=CCn1c(SCC(=O)N2CCOC2=O)nnc1-c1ccccc1OC. The molecule has 2 aromatic rings. The molecule has 2 amide bonds. The van der Waals surface area contributed by atoms with Crippen molar-refractivity contribution in [2.24, 2.45) is 0 Å². The Hall–Kier alpha value is -2.81. The van der Waals surface area contributed by atoms with Gasteiger partial charge in [-0.15, -0.1) is 16.8 Å². The zero-order valence-electron chi connectivity index (χ0n) is 14.3. The molecule has 0 aliphatic carbocycles. The summed E-state index contributed by atoms with van der Waals surface area (Å²) in [5, 5.41) is 9.00. The predicted molar refractivity (Wildman–Crippen MR) is 96.0 cm³/mol. The number of nitrogens with zero attached hydrogens (tertiary/aromatic N) is 4. The molecule has 0 spiro atoms. The number of allylic oxidation sites excluding steroid dienone is 1.